The van der Waals surface area contributed by atoms with Crippen LogP contribution in [0.25, 0.3) is 0 Å². The van der Waals surface area contributed by atoms with Crippen molar-refractivity contribution in [3.05, 3.63) is 84.1 Å². The van der Waals surface area contributed by atoms with Gasteiger partial charge in [0, 0.05) is 50.7 Å². The summed E-state index contributed by atoms with van der Waals surface area (Å²) in [7, 11) is -3.69. The van der Waals surface area contributed by atoms with Crippen LogP contribution in [-0.4, -0.2) is 55.3 Å². The number of piperazine rings is 1. The van der Waals surface area contributed by atoms with Gasteiger partial charge in [0.25, 0.3) is 5.91 Å². The van der Waals surface area contributed by atoms with Crippen molar-refractivity contribution in [2.75, 3.05) is 26.2 Å². The molecule has 0 unspecified atom stereocenters. The van der Waals surface area contributed by atoms with Crippen molar-refractivity contribution in [2.24, 2.45) is 0 Å². The molecule has 4 rings (SSSR count). The lowest BCUT2D eigenvalue weighted by Crippen LogP contribution is -2.48. The molecule has 1 saturated heterocycles. The minimum absolute atomic E-state index is 0.0692. The van der Waals surface area contributed by atoms with Crippen molar-refractivity contribution in [1.29, 1.82) is 0 Å². The number of carbonyl (C=O) groups excluding carboxylic acids is 1. The zero-order valence-corrected chi connectivity index (χ0v) is 17.8. The molecule has 0 atom stereocenters. The van der Waals surface area contributed by atoms with E-state index in [1.165, 1.54) is 24.0 Å². The third-order valence-electron chi connectivity index (χ3n) is 5.24. The summed E-state index contributed by atoms with van der Waals surface area (Å²) in [6.07, 6.45) is 5.06. The molecule has 1 N–H and O–H groups in total. The number of hydrogen-bond acceptors (Lipinski definition) is 6. The van der Waals surface area contributed by atoms with Gasteiger partial charge in [0.2, 0.25) is 10.0 Å². The number of carbonyl (C=O) groups is 1. The van der Waals surface area contributed by atoms with Crippen LogP contribution in [0, 0.1) is 0 Å². The van der Waals surface area contributed by atoms with Crippen LogP contribution < -0.4 is 4.72 Å². The highest BCUT2D eigenvalue weighted by atomic mass is 32.2. The van der Waals surface area contributed by atoms with Crippen molar-refractivity contribution in [3.63, 3.8) is 0 Å². The molecule has 0 saturated carbocycles. The summed E-state index contributed by atoms with van der Waals surface area (Å²) < 4.78 is 32.5. The molecule has 8 nitrogen and oxygen atoms in total. The van der Waals surface area contributed by atoms with Gasteiger partial charge in [-0.3, -0.25) is 14.7 Å². The Morgan fingerprint density at radius 2 is 1.71 bits per heavy atom. The first kappa shape index (κ1) is 21.2. The molecule has 162 valence electrons. The number of hydrogen-bond donors (Lipinski definition) is 1. The van der Waals surface area contributed by atoms with E-state index in [-0.39, 0.29) is 17.3 Å². The molecule has 1 fully saturated rings. The lowest BCUT2D eigenvalue weighted by molar-refractivity contribution is 0.0628. The molecule has 3 aromatic rings. The minimum Gasteiger partial charge on any atom is -0.468 e. The van der Waals surface area contributed by atoms with Gasteiger partial charge in [-0.05, 0) is 54.1 Å². The molecule has 1 aromatic carbocycles. The Kier molecular flexibility index (Phi) is 6.45. The number of furan rings is 1. The monoisotopic (exact) mass is 440 g/mol. The summed E-state index contributed by atoms with van der Waals surface area (Å²) in [5.74, 6) is 0.439. The molecule has 3 heterocycles. The maximum absolute atomic E-state index is 12.8. The first-order valence-electron chi connectivity index (χ1n) is 10.0. The number of benzene rings is 1. The van der Waals surface area contributed by atoms with E-state index in [1.54, 1.807) is 36.7 Å². The number of amides is 1. The minimum atomic E-state index is -3.69. The van der Waals surface area contributed by atoms with Crippen molar-refractivity contribution in [1.82, 2.24) is 19.5 Å². The van der Waals surface area contributed by atoms with Gasteiger partial charge in [-0.2, -0.15) is 0 Å². The second-order valence-electron chi connectivity index (χ2n) is 7.35. The third-order valence-corrected chi connectivity index (χ3v) is 6.66. The SMILES string of the molecule is O=C(c1ccc(S(=O)(=O)NCc2ccco2)cc1)N1CCN(Cc2ccncc2)CC1. The zero-order valence-electron chi connectivity index (χ0n) is 17.0. The lowest BCUT2D eigenvalue weighted by Gasteiger charge is -2.34. The van der Waals surface area contributed by atoms with Crippen LogP contribution in [0.4, 0.5) is 0 Å². The Hall–Kier alpha value is -3.01. The Balaban J connectivity index is 1.32. The van der Waals surface area contributed by atoms with Crippen LogP contribution >= 0.6 is 0 Å². The van der Waals surface area contributed by atoms with Gasteiger partial charge in [0.1, 0.15) is 5.76 Å². The molecule has 0 bridgehead atoms. The second-order valence-corrected chi connectivity index (χ2v) is 9.12. The van der Waals surface area contributed by atoms with Crippen LogP contribution in [-0.2, 0) is 23.1 Å². The summed E-state index contributed by atoms with van der Waals surface area (Å²) in [6, 6.07) is 13.4. The van der Waals surface area contributed by atoms with Crippen LogP contribution in [0.3, 0.4) is 0 Å². The van der Waals surface area contributed by atoms with Crippen molar-refractivity contribution < 1.29 is 17.6 Å². The zero-order chi connectivity index (χ0) is 21.7. The van der Waals surface area contributed by atoms with E-state index in [0.717, 1.165) is 19.6 Å². The standard InChI is InChI=1S/C22H24N4O4S/c27-22(26-13-11-25(12-14-26)17-18-7-9-23-10-8-18)19-3-5-21(6-4-19)31(28,29)24-16-20-2-1-15-30-20/h1-10,15,24H,11-14,16-17H2. The average Bonchev–Trinajstić information content (AvgIpc) is 3.33. The van der Waals surface area contributed by atoms with Crippen molar-refractivity contribution >= 4 is 15.9 Å². The molecule has 2 aromatic heterocycles. The van der Waals surface area contributed by atoms with Crippen molar-refractivity contribution in [3.8, 4) is 0 Å². The predicted octanol–water partition coefficient (Wildman–Crippen LogP) is 2.11. The van der Waals surface area contributed by atoms with E-state index < -0.39 is 10.0 Å². The molecule has 1 amide bonds. The second kappa shape index (κ2) is 9.42. The van der Waals surface area contributed by atoms with Gasteiger partial charge in [-0.25, -0.2) is 13.1 Å². The molecular formula is C22H24N4O4S. The highest BCUT2D eigenvalue weighted by Gasteiger charge is 2.23. The first-order chi connectivity index (χ1) is 15.0. The highest BCUT2D eigenvalue weighted by Crippen LogP contribution is 2.15. The number of pyridine rings is 1. The van der Waals surface area contributed by atoms with Gasteiger partial charge >= 0.3 is 0 Å². The topological polar surface area (TPSA) is 95.7 Å². The van der Waals surface area contributed by atoms with E-state index in [4.69, 9.17) is 4.42 Å². The Morgan fingerprint density at radius 3 is 2.35 bits per heavy atom. The summed E-state index contributed by atoms with van der Waals surface area (Å²) in [5, 5.41) is 0. The molecule has 1 aliphatic heterocycles. The fourth-order valence-corrected chi connectivity index (χ4v) is 4.47. The highest BCUT2D eigenvalue weighted by molar-refractivity contribution is 7.89. The summed E-state index contributed by atoms with van der Waals surface area (Å²) in [6.45, 7) is 3.75. The molecule has 31 heavy (non-hydrogen) atoms. The maximum Gasteiger partial charge on any atom is 0.253 e. The summed E-state index contributed by atoms with van der Waals surface area (Å²) in [4.78, 5) is 21.1. The number of aromatic nitrogens is 1. The molecular weight excluding hydrogens is 416 g/mol. The third kappa shape index (κ3) is 5.38. The van der Waals surface area contributed by atoms with Gasteiger partial charge in [-0.15, -0.1) is 0 Å². The van der Waals surface area contributed by atoms with Crippen LogP contribution in [0.15, 0.2) is 76.5 Å². The van der Waals surface area contributed by atoms with Crippen LogP contribution in [0.2, 0.25) is 0 Å². The number of nitrogens with zero attached hydrogens (tertiary/aromatic N) is 3. The average molecular weight is 441 g/mol. The van der Waals surface area contributed by atoms with Gasteiger partial charge in [0.15, 0.2) is 0 Å². The number of rotatable bonds is 7. The summed E-state index contributed by atoms with van der Waals surface area (Å²) >= 11 is 0. The van der Waals surface area contributed by atoms with E-state index in [1.807, 2.05) is 17.0 Å². The van der Waals surface area contributed by atoms with E-state index in [2.05, 4.69) is 14.6 Å². The molecule has 0 spiro atoms. The van der Waals surface area contributed by atoms with Gasteiger partial charge in [0.05, 0.1) is 17.7 Å². The van der Waals surface area contributed by atoms with Crippen LogP contribution in [0.1, 0.15) is 21.7 Å². The smallest absolute Gasteiger partial charge is 0.253 e. The quantitative estimate of drug-likeness (QED) is 0.605. The summed E-state index contributed by atoms with van der Waals surface area (Å²) in [5.41, 5.74) is 1.68. The van der Waals surface area contributed by atoms with Crippen LogP contribution in [0.5, 0.6) is 0 Å². The Bertz CT molecular complexity index is 1090. The van der Waals surface area contributed by atoms with E-state index in [0.29, 0.717) is 24.4 Å². The van der Waals surface area contributed by atoms with Crippen molar-refractivity contribution in [2.45, 2.75) is 18.0 Å². The molecule has 9 heteroatoms. The fraction of sp³-hybridized carbons (Fsp3) is 0.273. The number of nitrogens with one attached hydrogen (secondary N) is 1. The molecule has 1 aliphatic rings. The normalized spacial score (nSPS) is 15.2. The first-order valence-corrected chi connectivity index (χ1v) is 11.5. The van der Waals surface area contributed by atoms with Gasteiger partial charge in [-0.1, -0.05) is 0 Å². The molecule has 0 aliphatic carbocycles. The van der Waals surface area contributed by atoms with E-state index >= 15 is 0 Å². The predicted molar refractivity (Wildman–Crippen MR) is 115 cm³/mol. The molecule has 0 radical (unpaired) electrons. The Labute approximate surface area is 181 Å². The largest absolute Gasteiger partial charge is 0.468 e. The lowest BCUT2D eigenvalue weighted by atomic mass is 10.1. The number of sulfonamides is 1. The van der Waals surface area contributed by atoms with E-state index in [9.17, 15) is 13.2 Å². The fourth-order valence-electron chi connectivity index (χ4n) is 3.48. The van der Waals surface area contributed by atoms with Gasteiger partial charge < -0.3 is 9.32 Å². The Morgan fingerprint density at radius 1 is 1.00 bits per heavy atom. The maximum atomic E-state index is 12.8.